The quantitative estimate of drug-likeness (QED) is 0.0196. The number of nitro benzene ring substituents is 1. The van der Waals surface area contributed by atoms with Crippen molar-refractivity contribution in [3.63, 3.8) is 0 Å². The predicted molar refractivity (Wildman–Crippen MR) is 348 cm³/mol. The summed E-state index contributed by atoms with van der Waals surface area (Å²) in [6, 6.07) is 55.2. The van der Waals surface area contributed by atoms with Crippen molar-refractivity contribution in [3.05, 3.63) is 300 Å². The van der Waals surface area contributed by atoms with Gasteiger partial charge in [0, 0.05) is 23.2 Å². The van der Waals surface area contributed by atoms with Gasteiger partial charge in [0.05, 0.1) is 16.2 Å². The van der Waals surface area contributed by atoms with Gasteiger partial charge in [-0.2, -0.15) is 0 Å². The molecule has 0 radical (unpaired) electrons. The smallest absolute Gasteiger partial charge is 0.342 e. The second kappa shape index (κ2) is 31.7. The highest BCUT2D eigenvalue weighted by molar-refractivity contribution is 5.98. The van der Waals surface area contributed by atoms with Gasteiger partial charge in [0.2, 0.25) is 0 Å². The number of rotatable bonds is 15. The number of anilines is 2. The van der Waals surface area contributed by atoms with Gasteiger partial charge < -0.3 is 62.5 Å². The van der Waals surface area contributed by atoms with E-state index in [0.717, 1.165) is 33.9 Å². The summed E-state index contributed by atoms with van der Waals surface area (Å²) in [7, 11) is 0. The Morgan fingerprint density at radius 2 is 1.01 bits per heavy atom. The van der Waals surface area contributed by atoms with Crippen LogP contribution in [0.25, 0.3) is 16.7 Å². The fraction of sp³-hybridized carbons (Fsp3) is 0.0986. The summed E-state index contributed by atoms with van der Waals surface area (Å²) in [4.78, 5) is 76.5. The number of para-hydroxylation sites is 1. The van der Waals surface area contributed by atoms with Gasteiger partial charge in [-0.1, -0.05) is 158 Å². The second-order valence-corrected chi connectivity index (χ2v) is 20.9. The number of aromatic hydroxyl groups is 3. The number of hydrogen-bond donors (Lipinski definition) is 13. The van der Waals surface area contributed by atoms with E-state index in [2.05, 4.69) is 0 Å². The summed E-state index contributed by atoms with van der Waals surface area (Å²) in [5.74, 6) is -8.90. The second-order valence-electron chi connectivity index (χ2n) is 20.9. The Morgan fingerprint density at radius 1 is 0.495 bits per heavy atom. The molecule has 2 unspecified atom stereocenters. The Bertz CT molecular complexity index is 4290. The van der Waals surface area contributed by atoms with Crippen LogP contribution in [0.15, 0.2) is 212 Å². The average Bonchev–Trinajstić information content (AvgIpc) is 0.811. The number of carbonyl (C=O) groups is 6. The molecule has 22 heteroatoms. The first-order valence-electron chi connectivity index (χ1n) is 28.0. The molecule has 93 heavy (non-hydrogen) atoms. The molecule has 10 rings (SSSR count). The van der Waals surface area contributed by atoms with Gasteiger partial charge >= 0.3 is 35.8 Å². The fourth-order valence-electron chi connectivity index (χ4n) is 9.66. The minimum absolute atomic E-state index is 0.0408. The number of hydrogen-bond acceptors (Lipinski definition) is 15. The molecule has 9 aromatic rings. The van der Waals surface area contributed by atoms with Crippen LogP contribution in [0.1, 0.15) is 102 Å². The molecule has 0 aromatic heterocycles. The number of aliphatic carboxylic acids is 1. The first-order chi connectivity index (χ1) is 44.1. The van der Waals surface area contributed by atoms with Gasteiger partial charge in [-0.25, -0.2) is 24.0 Å². The number of aromatic carboxylic acids is 5. The SMILES string of the molecule is Cc1cc(-c2ccccc2)cc(C(=O)O)c1O.Cc1cc(Cc2ccccc2)cc(C(=O)O)c1O.Nc1c(Cc2ccccc2)ccc(O)c1C(=O)O.Nc1ccc(C2=CC=CC(C(=O)O)C2(N)O)cc1.O=C(O)c1cccc(Cc2cccc(C(=O)O)c2[N+](=O)[O-])c1. The first-order valence-corrected chi connectivity index (χ1v) is 28.0. The Labute approximate surface area is 531 Å². The van der Waals surface area contributed by atoms with Crippen LogP contribution in [0, 0.1) is 29.9 Å². The van der Waals surface area contributed by atoms with E-state index in [1.165, 1.54) is 54.6 Å². The topological polar surface area (TPSA) is 426 Å². The molecule has 0 spiro atoms. The maximum atomic E-state index is 11.2. The lowest BCUT2D eigenvalue weighted by Crippen LogP contribution is -2.51. The number of carboxylic acids is 6. The first kappa shape index (κ1) is 69.7. The van der Waals surface area contributed by atoms with E-state index < -0.39 is 63.6 Å². The van der Waals surface area contributed by atoms with E-state index in [1.54, 1.807) is 68.5 Å². The van der Waals surface area contributed by atoms with E-state index in [-0.39, 0.29) is 57.2 Å². The van der Waals surface area contributed by atoms with Crippen LogP contribution in [0.2, 0.25) is 0 Å². The van der Waals surface area contributed by atoms with Crippen molar-refractivity contribution in [1.82, 2.24) is 0 Å². The Balaban J connectivity index is 0.000000185. The largest absolute Gasteiger partial charge is 0.507 e. The van der Waals surface area contributed by atoms with Gasteiger partial charge in [-0.3, -0.25) is 20.6 Å². The molecule has 0 amide bonds. The highest BCUT2D eigenvalue weighted by Gasteiger charge is 2.41. The molecule has 2 atom stereocenters. The molecule has 16 N–H and O–H groups in total. The summed E-state index contributed by atoms with van der Waals surface area (Å²) in [6.45, 7) is 3.39. The van der Waals surface area contributed by atoms with Gasteiger partial charge in [-0.05, 0) is 137 Å². The van der Waals surface area contributed by atoms with E-state index in [0.29, 0.717) is 51.9 Å². The highest BCUT2D eigenvalue weighted by atomic mass is 16.6. The molecule has 9 aromatic carbocycles. The van der Waals surface area contributed by atoms with E-state index in [1.807, 2.05) is 97.1 Å². The monoisotopic (exact) mass is 1260 g/mol. The molecule has 0 saturated heterocycles. The van der Waals surface area contributed by atoms with Crippen LogP contribution in [-0.4, -0.2) is 97.5 Å². The predicted octanol–water partition coefficient (Wildman–Crippen LogP) is 11.5. The van der Waals surface area contributed by atoms with Crippen LogP contribution >= 0.6 is 0 Å². The van der Waals surface area contributed by atoms with Crippen molar-refractivity contribution in [1.29, 1.82) is 0 Å². The summed E-state index contributed by atoms with van der Waals surface area (Å²) in [5, 5.41) is 104. The molecule has 0 fully saturated rings. The lowest BCUT2D eigenvalue weighted by Gasteiger charge is -2.32. The zero-order valence-corrected chi connectivity index (χ0v) is 49.8. The molecule has 0 heterocycles. The summed E-state index contributed by atoms with van der Waals surface area (Å²) in [6.07, 6.45) is 5.80. The zero-order chi connectivity index (χ0) is 68.3. The van der Waals surface area contributed by atoms with Crippen LogP contribution in [0.5, 0.6) is 17.2 Å². The fourth-order valence-corrected chi connectivity index (χ4v) is 9.66. The number of nitrogen functional groups attached to an aromatic ring is 2. The minimum atomic E-state index is -1.93. The number of carboxylic acid groups (broad SMARTS) is 6. The molecular formula is C71H64N4O18. The number of aryl methyl sites for hydroxylation is 2. The molecule has 0 aliphatic heterocycles. The molecular weight excluding hydrogens is 1200 g/mol. The van der Waals surface area contributed by atoms with Crippen molar-refractivity contribution in [3.8, 4) is 28.4 Å². The number of nitrogens with two attached hydrogens (primary N) is 3. The number of nitrogens with zero attached hydrogens (tertiary/aromatic N) is 1. The average molecular weight is 1260 g/mol. The maximum absolute atomic E-state index is 11.2. The Hall–Kier alpha value is -12.4. The van der Waals surface area contributed by atoms with E-state index in [4.69, 9.17) is 47.8 Å². The van der Waals surface area contributed by atoms with E-state index in [9.17, 15) is 59.3 Å². The summed E-state index contributed by atoms with van der Waals surface area (Å²) < 4.78 is 0. The molecule has 1 aliphatic carbocycles. The standard InChI is InChI=1S/C15H11NO6.C15H14O3.C14H13NO3.C14H12O3.C13H14N2O3/c17-14(18)11-5-1-3-9(8-11)7-10-4-2-6-12(15(19)20)13(10)16(21)22;1-10-7-12(8-11-5-3-2-4-6-11)9-13(14(10)16)15(17)18;15-13-10(8-9-4-2-1-3-5-9)6-7-11(16)12(13)14(17)18;1-9-7-11(10-5-3-2-4-6-10)8-12(13(9)15)14(16)17;14-9-6-4-8(5-7-9)10-2-1-3-11(12(16)17)13(10,15)18/h1-6,8H,7H2,(H,17,18)(H,19,20);2-7,9,16H,8H2,1H3,(H,17,18);1-7,16H,8,15H2,(H,17,18);2-8,15H,1H3,(H,16,17);1-7,11,18H,14-15H2,(H,16,17). The number of allylic oxidation sites excluding steroid dienone is 2. The van der Waals surface area contributed by atoms with Crippen molar-refractivity contribution in [2.45, 2.75) is 38.8 Å². The van der Waals surface area contributed by atoms with Crippen molar-refractivity contribution in [2.75, 3.05) is 11.5 Å². The number of benzene rings is 9. The van der Waals surface area contributed by atoms with Gasteiger partial charge in [-0.15, -0.1) is 0 Å². The van der Waals surface area contributed by atoms with Gasteiger partial charge in [0.15, 0.2) is 5.72 Å². The number of nitro groups is 1. The van der Waals surface area contributed by atoms with Gasteiger partial charge in [0.1, 0.15) is 45.4 Å². The van der Waals surface area contributed by atoms with Gasteiger partial charge in [0.25, 0.3) is 5.69 Å². The minimum Gasteiger partial charge on any atom is -0.507 e. The maximum Gasteiger partial charge on any atom is 0.342 e. The van der Waals surface area contributed by atoms with Crippen LogP contribution in [-0.2, 0) is 24.1 Å². The van der Waals surface area contributed by atoms with Crippen LogP contribution in [0.3, 0.4) is 0 Å². The van der Waals surface area contributed by atoms with Crippen molar-refractivity contribution in [2.24, 2.45) is 11.7 Å². The van der Waals surface area contributed by atoms with Crippen LogP contribution in [0.4, 0.5) is 17.1 Å². The zero-order valence-electron chi connectivity index (χ0n) is 49.8. The third kappa shape index (κ3) is 18.6. The molecule has 22 nitrogen and oxygen atoms in total. The lowest BCUT2D eigenvalue weighted by molar-refractivity contribution is -0.385. The molecule has 1 aliphatic rings. The highest BCUT2D eigenvalue weighted by Crippen LogP contribution is 2.35. The summed E-state index contributed by atoms with van der Waals surface area (Å²) >= 11 is 0. The van der Waals surface area contributed by atoms with Crippen molar-refractivity contribution >= 4 is 58.5 Å². The third-order valence-electron chi connectivity index (χ3n) is 14.3. The number of aliphatic hydroxyl groups is 1. The van der Waals surface area contributed by atoms with Crippen LogP contribution < -0.4 is 17.2 Å². The van der Waals surface area contributed by atoms with Crippen molar-refractivity contribution < 1.29 is 84.8 Å². The lowest BCUT2D eigenvalue weighted by atomic mass is 9.82. The number of phenols is 3. The Kier molecular flexibility index (Phi) is 23.7. The Morgan fingerprint density at radius 3 is 1.55 bits per heavy atom. The molecule has 0 saturated carbocycles. The molecule has 0 bridgehead atoms. The normalized spacial score (nSPS) is 13.4. The summed E-state index contributed by atoms with van der Waals surface area (Å²) in [5.41, 5.74) is 23.1. The van der Waals surface area contributed by atoms with E-state index >= 15 is 0 Å². The molecule has 476 valence electrons. The third-order valence-corrected chi connectivity index (χ3v) is 14.3.